The molecule has 0 aromatic heterocycles. The minimum Gasteiger partial charge on any atom is -0.504 e. The van der Waals surface area contributed by atoms with E-state index >= 15 is 0 Å². The summed E-state index contributed by atoms with van der Waals surface area (Å²) < 4.78 is 22.1. The van der Waals surface area contributed by atoms with Crippen LogP contribution in [0.4, 0.5) is 0 Å². The molecule has 0 saturated heterocycles. The molecule has 1 aliphatic carbocycles. The molecule has 0 fully saturated rings. The van der Waals surface area contributed by atoms with E-state index in [-0.39, 0.29) is 29.1 Å². The lowest BCUT2D eigenvalue weighted by molar-refractivity contribution is 0.319. The van der Waals surface area contributed by atoms with Crippen LogP contribution in [-0.2, 0) is 0 Å². The highest BCUT2D eigenvalue weighted by molar-refractivity contribution is 5.73. The number of allylic oxidation sites excluding steroid dienone is 1. The van der Waals surface area contributed by atoms with Crippen molar-refractivity contribution in [3.63, 3.8) is 0 Å². The average Bonchev–Trinajstić information content (AvgIpc) is 2.69. The van der Waals surface area contributed by atoms with Gasteiger partial charge >= 0.3 is 0 Å². The molecule has 0 aliphatic heterocycles. The third-order valence-corrected chi connectivity index (χ3v) is 5.47. The monoisotopic (exact) mass is 386 g/mol. The van der Waals surface area contributed by atoms with Crippen LogP contribution < -0.4 is 18.9 Å². The van der Waals surface area contributed by atoms with Gasteiger partial charge in [-0.05, 0) is 42.2 Å². The Morgan fingerprint density at radius 1 is 0.821 bits per heavy atom. The molecule has 150 valence electrons. The first-order valence-corrected chi connectivity index (χ1v) is 8.98. The van der Waals surface area contributed by atoms with Gasteiger partial charge in [-0.1, -0.05) is 18.6 Å². The molecule has 28 heavy (non-hydrogen) atoms. The van der Waals surface area contributed by atoms with Crippen molar-refractivity contribution in [3.05, 3.63) is 40.5 Å². The van der Waals surface area contributed by atoms with Gasteiger partial charge in [-0.25, -0.2) is 0 Å². The summed E-state index contributed by atoms with van der Waals surface area (Å²) >= 11 is 0. The van der Waals surface area contributed by atoms with E-state index < -0.39 is 0 Å². The molecular formula is C22H26O6. The molecule has 6 nitrogen and oxygen atoms in total. The van der Waals surface area contributed by atoms with Crippen LogP contribution in [0.3, 0.4) is 0 Å². The van der Waals surface area contributed by atoms with Crippen molar-refractivity contribution < 1.29 is 29.2 Å². The highest BCUT2D eigenvalue weighted by Gasteiger charge is 2.35. The molecule has 2 aromatic carbocycles. The van der Waals surface area contributed by atoms with Crippen molar-refractivity contribution >= 4 is 6.08 Å². The molecule has 0 heterocycles. The Labute approximate surface area is 164 Å². The Kier molecular flexibility index (Phi) is 5.31. The number of phenolic OH excluding ortho intramolecular Hbond substituents is 2. The highest BCUT2D eigenvalue weighted by atomic mass is 16.5. The van der Waals surface area contributed by atoms with Gasteiger partial charge in [0.1, 0.15) is 0 Å². The minimum absolute atomic E-state index is 0.119. The molecule has 6 heteroatoms. The van der Waals surface area contributed by atoms with E-state index in [9.17, 15) is 10.2 Å². The largest absolute Gasteiger partial charge is 0.504 e. The molecule has 2 N–H and O–H groups in total. The summed E-state index contributed by atoms with van der Waals surface area (Å²) in [5, 5.41) is 20.3. The third-order valence-electron chi connectivity index (χ3n) is 5.47. The average molecular weight is 386 g/mol. The maximum absolute atomic E-state index is 10.2. The molecule has 3 rings (SSSR count). The van der Waals surface area contributed by atoms with Crippen LogP contribution in [0.1, 0.15) is 36.5 Å². The SMILES string of the molecule is COc1cc([C@@H]2c3c(cc(OC)c(OC)c3OC)C=C(C)[C@H]2C)cc(O)c1O. The molecule has 0 bridgehead atoms. The quantitative estimate of drug-likeness (QED) is 0.746. The Balaban J connectivity index is 2.34. The van der Waals surface area contributed by atoms with Crippen LogP contribution in [0.15, 0.2) is 23.8 Å². The number of phenols is 2. The molecule has 0 unspecified atom stereocenters. The van der Waals surface area contributed by atoms with E-state index in [1.54, 1.807) is 33.5 Å². The van der Waals surface area contributed by atoms with Gasteiger partial charge in [0.25, 0.3) is 0 Å². The Morgan fingerprint density at radius 2 is 1.46 bits per heavy atom. The number of fused-ring (bicyclic) bond motifs is 1. The number of ether oxygens (including phenoxy) is 4. The summed E-state index contributed by atoms with van der Waals surface area (Å²) in [5.41, 5.74) is 3.88. The van der Waals surface area contributed by atoms with Crippen molar-refractivity contribution in [2.45, 2.75) is 19.8 Å². The van der Waals surface area contributed by atoms with Gasteiger partial charge in [0.15, 0.2) is 23.0 Å². The van der Waals surface area contributed by atoms with Crippen molar-refractivity contribution in [1.29, 1.82) is 0 Å². The third kappa shape index (κ3) is 2.99. The number of rotatable bonds is 5. The highest BCUT2D eigenvalue weighted by Crippen LogP contribution is 2.53. The van der Waals surface area contributed by atoms with E-state index in [0.29, 0.717) is 17.2 Å². The molecule has 0 radical (unpaired) electrons. The molecule has 2 aromatic rings. The first-order valence-electron chi connectivity index (χ1n) is 8.98. The standard InChI is InChI=1S/C22H26O6/c1-11-7-13-10-17(26-4)21(27-5)22(28-6)19(13)18(12(11)2)14-8-15(23)20(24)16(9-14)25-3/h7-10,12,18,23-24H,1-6H3/t12-,18-/m1/s1. The van der Waals surface area contributed by atoms with Crippen LogP contribution in [0, 0.1) is 5.92 Å². The van der Waals surface area contributed by atoms with Crippen LogP contribution in [-0.4, -0.2) is 38.7 Å². The zero-order valence-corrected chi connectivity index (χ0v) is 17.0. The molecule has 2 atom stereocenters. The lowest BCUT2D eigenvalue weighted by atomic mass is 9.72. The second-order valence-corrected chi connectivity index (χ2v) is 6.89. The van der Waals surface area contributed by atoms with Gasteiger partial charge in [0.2, 0.25) is 11.5 Å². The van der Waals surface area contributed by atoms with Crippen LogP contribution in [0.5, 0.6) is 34.5 Å². The van der Waals surface area contributed by atoms with Crippen LogP contribution in [0.2, 0.25) is 0 Å². The van der Waals surface area contributed by atoms with Gasteiger partial charge in [-0.3, -0.25) is 0 Å². The van der Waals surface area contributed by atoms with Crippen LogP contribution >= 0.6 is 0 Å². The Hall–Kier alpha value is -3.02. The van der Waals surface area contributed by atoms with Crippen molar-refractivity contribution in [2.75, 3.05) is 28.4 Å². The summed E-state index contributed by atoms with van der Waals surface area (Å²) in [6.45, 7) is 4.19. The second-order valence-electron chi connectivity index (χ2n) is 6.89. The molecule has 1 aliphatic rings. The van der Waals surface area contributed by atoms with Gasteiger partial charge in [0.05, 0.1) is 28.4 Å². The fraction of sp³-hybridized carbons (Fsp3) is 0.364. The summed E-state index contributed by atoms with van der Waals surface area (Å²) in [4.78, 5) is 0. The van der Waals surface area contributed by atoms with Gasteiger partial charge in [-0.15, -0.1) is 0 Å². The van der Waals surface area contributed by atoms with Gasteiger partial charge in [0, 0.05) is 11.5 Å². The predicted octanol–water partition coefficient (Wildman–Crippen LogP) is 4.32. The van der Waals surface area contributed by atoms with E-state index in [4.69, 9.17) is 18.9 Å². The Morgan fingerprint density at radius 3 is 2.04 bits per heavy atom. The summed E-state index contributed by atoms with van der Waals surface area (Å²) in [6, 6.07) is 5.24. The first kappa shape index (κ1) is 19.7. The molecule has 0 saturated carbocycles. The summed E-state index contributed by atoms with van der Waals surface area (Å²) in [6.07, 6.45) is 2.11. The van der Waals surface area contributed by atoms with E-state index in [0.717, 1.165) is 16.7 Å². The van der Waals surface area contributed by atoms with Crippen molar-refractivity contribution in [3.8, 4) is 34.5 Å². The van der Waals surface area contributed by atoms with Crippen LogP contribution in [0.25, 0.3) is 6.08 Å². The number of methoxy groups -OCH3 is 4. The first-order chi connectivity index (χ1) is 13.4. The summed E-state index contributed by atoms with van der Waals surface area (Å²) in [7, 11) is 6.21. The normalized spacial score (nSPS) is 18.1. The fourth-order valence-electron chi connectivity index (χ4n) is 3.93. The lowest BCUT2D eigenvalue weighted by Gasteiger charge is -2.34. The molecular weight excluding hydrogens is 360 g/mol. The lowest BCUT2D eigenvalue weighted by Crippen LogP contribution is -2.19. The predicted molar refractivity (Wildman–Crippen MR) is 107 cm³/mol. The number of hydrogen-bond donors (Lipinski definition) is 2. The van der Waals surface area contributed by atoms with Gasteiger partial charge in [-0.2, -0.15) is 0 Å². The zero-order valence-electron chi connectivity index (χ0n) is 17.0. The fourth-order valence-corrected chi connectivity index (χ4v) is 3.93. The van der Waals surface area contributed by atoms with Crippen molar-refractivity contribution in [2.24, 2.45) is 5.92 Å². The number of benzene rings is 2. The summed E-state index contributed by atoms with van der Waals surface area (Å²) in [5.74, 6) is 1.38. The smallest absolute Gasteiger partial charge is 0.203 e. The maximum atomic E-state index is 10.2. The number of aromatic hydroxyl groups is 2. The maximum Gasteiger partial charge on any atom is 0.203 e. The molecule has 0 spiro atoms. The minimum atomic E-state index is -0.276. The second kappa shape index (κ2) is 7.54. The van der Waals surface area contributed by atoms with Crippen molar-refractivity contribution in [1.82, 2.24) is 0 Å². The van der Waals surface area contributed by atoms with E-state index in [1.807, 2.05) is 6.07 Å². The van der Waals surface area contributed by atoms with E-state index in [2.05, 4.69) is 19.9 Å². The van der Waals surface area contributed by atoms with Gasteiger partial charge < -0.3 is 29.2 Å². The molecule has 0 amide bonds. The Bertz CT molecular complexity index is 931. The number of hydrogen-bond acceptors (Lipinski definition) is 6. The zero-order chi connectivity index (χ0) is 20.6. The van der Waals surface area contributed by atoms with E-state index in [1.165, 1.54) is 12.7 Å². The topological polar surface area (TPSA) is 77.4 Å².